The number of rotatable bonds is 19. The van der Waals surface area contributed by atoms with Gasteiger partial charge in [-0.15, -0.1) is 0 Å². The predicted molar refractivity (Wildman–Crippen MR) is 209 cm³/mol. The van der Waals surface area contributed by atoms with Gasteiger partial charge in [-0.3, -0.25) is 37.4 Å². The maximum Gasteiger partial charge on any atom is 0.475 e. The normalized spacial score (nSPS) is 18.7. The summed E-state index contributed by atoms with van der Waals surface area (Å²) in [4.78, 5) is 67.6. The lowest BCUT2D eigenvalue weighted by molar-refractivity contribution is -0.138. The zero-order chi connectivity index (χ0) is 40.9. The highest BCUT2D eigenvalue weighted by Crippen LogP contribution is 2.59. The van der Waals surface area contributed by atoms with Crippen molar-refractivity contribution in [2.24, 2.45) is 5.41 Å². The van der Waals surface area contributed by atoms with E-state index in [0.717, 1.165) is 12.0 Å². The number of nitrogens with zero attached hydrogens (tertiary/aromatic N) is 6. The number of fused-ring (bicyclic) bond motifs is 2. The molecule has 0 spiro atoms. The molecule has 0 radical (unpaired) electrons. The largest absolute Gasteiger partial charge is 0.475 e. The van der Waals surface area contributed by atoms with Crippen molar-refractivity contribution < 1.29 is 46.8 Å². The average Bonchev–Trinajstić information content (AvgIpc) is 3.55. The molecule has 3 atom stereocenters. The second-order valence-electron chi connectivity index (χ2n) is 14.0. The minimum atomic E-state index is -4.05. The van der Waals surface area contributed by atoms with Gasteiger partial charge < -0.3 is 25.0 Å². The maximum absolute atomic E-state index is 14.0. The molecule has 3 aromatic heterocycles. The number of benzene rings is 1. The molecule has 2 aliphatic rings. The number of phosphoric ester groups is 1. The highest BCUT2D eigenvalue weighted by Gasteiger charge is 2.64. The number of amides is 3. The zero-order valence-electron chi connectivity index (χ0n) is 32.2. The Labute approximate surface area is 337 Å². The number of likely N-dealkylation sites (tertiary alicyclic amines) is 1. The van der Waals surface area contributed by atoms with Gasteiger partial charge in [-0.05, 0) is 70.4 Å². The molecule has 4 aromatic rings. The first-order valence-electron chi connectivity index (χ1n) is 18.1. The number of piperidine rings is 1. The molecule has 1 aromatic carbocycles. The van der Waals surface area contributed by atoms with Crippen LogP contribution in [0.3, 0.4) is 0 Å². The van der Waals surface area contributed by atoms with Gasteiger partial charge in [-0.25, -0.2) is 19.5 Å². The van der Waals surface area contributed by atoms with E-state index < -0.39 is 26.4 Å². The fraction of sp³-hybridized carbons (Fsp3) is 0.459. The van der Waals surface area contributed by atoms with Crippen molar-refractivity contribution in [3.8, 4) is 11.1 Å². The number of carbonyl (C=O) groups excluding carboxylic acids is 4. The number of aromatic nitrogens is 5. The highest BCUT2D eigenvalue weighted by molar-refractivity contribution is 9.10. The number of ketones is 1. The lowest BCUT2D eigenvalue weighted by Gasteiger charge is -2.27. The van der Waals surface area contributed by atoms with Crippen LogP contribution in [0.4, 0.5) is 5.82 Å². The van der Waals surface area contributed by atoms with Crippen LogP contribution in [0.5, 0.6) is 0 Å². The lowest BCUT2D eigenvalue weighted by Crippen LogP contribution is -2.47. The Kier molecular flexibility index (Phi) is 13.3. The summed E-state index contributed by atoms with van der Waals surface area (Å²) in [6.45, 7) is 4.68. The Balaban J connectivity index is 1.10. The summed E-state index contributed by atoms with van der Waals surface area (Å²) >= 11 is 3.35. The molecule has 57 heavy (non-hydrogen) atoms. The second kappa shape index (κ2) is 18.0. The highest BCUT2D eigenvalue weighted by atomic mass is 79.9. The summed E-state index contributed by atoms with van der Waals surface area (Å²) in [6, 6.07) is 8.27. The molecule has 4 heterocycles. The van der Waals surface area contributed by atoms with Crippen molar-refractivity contribution in [1.29, 1.82) is 0 Å². The van der Waals surface area contributed by atoms with E-state index >= 15 is 0 Å². The van der Waals surface area contributed by atoms with E-state index in [1.54, 1.807) is 35.5 Å². The fourth-order valence-corrected chi connectivity index (χ4v) is 8.08. The van der Waals surface area contributed by atoms with Crippen LogP contribution in [-0.2, 0) is 55.1 Å². The fourth-order valence-electron chi connectivity index (χ4n) is 6.68. The summed E-state index contributed by atoms with van der Waals surface area (Å²) in [5.74, 6) is -0.729. The van der Waals surface area contributed by atoms with Crippen LogP contribution in [0.15, 0.2) is 47.3 Å². The third-order valence-electron chi connectivity index (χ3n) is 9.81. The Hall–Kier alpha value is -4.49. The molecular weight excluding hydrogens is 827 g/mol. The summed E-state index contributed by atoms with van der Waals surface area (Å²) in [5, 5.41) is 10.6. The van der Waals surface area contributed by atoms with E-state index in [1.165, 1.54) is 25.8 Å². The van der Waals surface area contributed by atoms with Crippen molar-refractivity contribution in [2.45, 2.75) is 58.8 Å². The standard InChI is InChI=1S/C37H44BrN8O10P/c1-22-6-9-30(38)42-35(22)43-36(50)28-15-37(3)16-29(37)46(28)33(49)20-45-27-8-7-24(14-26(27)34(44-45)23(2)47)25-17-39-31(40-18-25)19-41-32(48)21-56-57(51,54-12-10-52-4)55-13-11-53-5/h6-9,14,17-18,28-29H,10-13,15-16,19-21H2,1-5H3,(H,41,48)(H,42,43,50)/t28-,29+,37-/m0/s1. The van der Waals surface area contributed by atoms with Crippen LogP contribution in [0.2, 0.25) is 0 Å². The van der Waals surface area contributed by atoms with Crippen LogP contribution in [0.1, 0.15) is 48.6 Å². The predicted octanol–water partition coefficient (Wildman–Crippen LogP) is 4.25. The number of nitrogens with one attached hydrogen (secondary N) is 2. The van der Waals surface area contributed by atoms with Crippen molar-refractivity contribution in [1.82, 2.24) is 34.9 Å². The van der Waals surface area contributed by atoms with Gasteiger partial charge in [0.15, 0.2) is 5.78 Å². The van der Waals surface area contributed by atoms with Crippen LogP contribution in [0, 0.1) is 12.3 Å². The molecule has 304 valence electrons. The van der Waals surface area contributed by atoms with Crippen LogP contribution in [-0.4, -0.2) is 112 Å². The van der Waals surface area contributed by atoms with Crippen molar-refractivity contribution in [2.75, 3.05) is 52.6 Å². The Morgan fingerprint density at radius 1 is 0.965 bits per heavy atom. The Morgan fingerprint density at radius 3 is 2.33 bits per heavy atom. The molecule has 3 amide bonds. The number of hydrogen-bond acceptors (Lipinski definition) is 14. The Morgan fingerprint density at radius 2 is 1.67 bits per heavy atom. The summed E-state index contributed by atoms with van der Waals surface area (Å²) in [6.07, 6.45) is 4.49. The first kappa shape index (κ1) is 42.1. The van der Waals surface area contributed by atoms with Crippen molar-refractivity contribution >= 4 is 64.0 Å². The zero-order valence-corrected chi connectivity index (χ0v) is 34.6. The number of anilines is 1. The molecule has 0 bridgehead atoms. The third-order valence-corrected chi connectivity index (χ3v) is 11.7. The van der Waals surface area contributed by atoms with E-state index in [-0.39, 0.29) is 74.3 Å². The number of ether oxygens (including phenoxy) is 2. The number of pyridine rings is 1. The molecule has 1 aliphatic heterocycles. The maximum atomic E-state index is 14.0. The number of carbonyl (C=O) groups is 4. The molecule has 2 fully saturated rings. The topological polar surface area (TPSA) is 215 Å². The lowest BCUT2D eigenvalue weighted by atomic mass is 10.0. The average molecular weight is 872 g/mol. The summed E-state index contributed by atoms with van der Waals surface area (Å²) < 4.78 is 40.3. The number of aryl methyl sites for hydroxylation is 1. The molecule has 1 saturated heterocycles. The van der Waals surface area contributed by atoms with Gasteiger partial charge in [0.25, 0.3) is 0 Å². The summed E-state index contributed by atoms with van der Waals surface area (Å²) in [5.41, 5.74) is 2.75. The number of methoxy groups -OCH3 is 2. The number of Topliss-reactive ketones (excluding diaryl/α,β-unsaturated/α-hetero) is 1. The van der Waals surface area contributed by atoms with Gasteiger partial charge in [-0.1, -0.05) is 19.1 Å². The van der Waals surface area contributed by atoms with Gasteiger partial charge in [0, 0.05) is 50.5 Å². The Bertz CT molecular complexity index is 2190. The molecule has 2 N–H and O–H groups in total. The van der Waals surface area contributed by atoms with Crippen LogP contribution in [0.25, 0.3) is 22.0 Å². The SMILES string of the molecule is COCCOP(=O)(OCCOC)OCC(=O)NCc1ncc(-c2ccc3c(c2)c(C(C)=O)nn3CC(=O)N2[C@H](C(=O)Nc3nc(Br)ccc3C)C[C@@]3(C)C[C@@H]23)cn1. The first-order valence-corrected chi connectivity index (χ1v) is 20.4. The van der Waals surface area contributed by atoms with E-state index in [1.807, 2.05) is 19.1 Å². The van der Waals surface area contributed by atoms with E-state index in [0.29, 0.717) is 44.7 Å². The molecule has 6 rings (SSSR count). The minimum absolute atomic E-state index is 0.0454. The summed E-state index contributed by atoms with van der Waals surface area (Å²) in [7, 11) is -1.14. The molecule has 0 unspecified atom stereocenters. The third kappa shape index (κ3) is 9.97. The molecule has 1 saturated carbocycles. The monoisotopic (exact) mass is 870 g/mol. The minimum Gasteiger partial charge on any atom is -0.382 e. The van der Waals surface area contributed by atoms with Crippen LogP contribution < -0.4 is 10.6 Å². The molecule has 1 aliphatic carbocycles. The van der Waals surface area contributed by atoms with Gasteiger partial charge in [0.1, 0.15) is 41.1 Å². The molecule has 18 nitrogen and oxygen atoms in total. The molecule has 20 heteroatoms. The van der Waals surface area contributed by atoms with Crippen molar-refractivity contribution in [3.05, 3.63) is 64.4 Å². The van der Waals surface area contributed by atoms with Crippen LogP contribution >= 0.6 is 23.8 Å². The second-order valence-corrected chi connectivity index (χ2v) is 16.5. The van der Waals surface area contributed by atoms with Gasteiger partial charge in [-0.2, -0.15) is 5.10 Å². The first-order chi connectivity index (χ1) is 27.2. The van der Waals surface area contributed by atoms with Gasteiger partial charge in [0.2, 0.25) is 17.7 Å². The smallest absolute Gasteiger partial charge is 0.382 e. The van der Waals surface area contributed by atoms with Gasteiger partial charge >= 0.3 is 7.82 Å². The van der Waals surface area contributed by atoms with E-state index in [9.17, 15) is 23.7 Å². The van der Waals surface area contributed by atoms with Gasteiger partial charge in [0.05, 0.1) is 38.5 Å². The number of phosphoric acid groups is 1. The quantitative estimate of drug-likeness (QED) is 0.0584. The molecular formula is C37H44BrN8O10P. The number of halogens is 1. The number of hydrogen-bond donors (Lipinski definition) is 2. The van der Waals surface area contributed by atoms with E-state index in [4.69, 9.17) is 23.0 Å². The van der Waals surface area contributed by atoms with E-state index in [2.05, 4.69) is 53.5 Å². The van der Waals surface area contributed by atoms with Crippen molar-refractivity contribution in [3.63, 3.8) is 0 Å².